The second-order valence-corrected chi connectivity index (χ2v) is 8.31. The molecule has 3 aliphatic rings. The predicted octanol–water partition coefficient (Wildman–Crippen LogP) is 4.20. The van der Waals surface area contributed by atoms with E-state index in [2.05, 4.69) is 10.6 Å². The van der Waals surface area contributed by atoms with Gasteiger partial charge in [-0.3, -0.25) is 9.59 Å². The summed E-state index contributed by atoms with van der Waals surface area (Å²) in [6.45, 7) is 3.54. The van der Waals surface area contributed by atoms with Crippen molar-refractivity contribution in [3.05, 3.63) is 65.2 Å². The molecular formula is C22H22F2N2O2. The SMILES string of the molecule is Cc1ccc(C(=O)NC23CC([C@@H](C)C(=O)Nc4ccc(F)cc4)(C2)C3)cc1F. The number of aryl methyl sites for hydroxylation is 1. The Hall–Kier alpha value is -2.76. The van der Waals surface area contributed by atoms with E-state index in [1.54, 1.807) is 19.1 Å². The molecule has 6 heteroatoms. The first-order valence-corrected chi connectivity index (χ1v) is 9.37. The van der Waals surface area contributed by atoms with Crippen LogP contribution in [0.2, 0.25) is 0 Å². The summed E-state index contributed by atoms with van der Waals surface area (Å²) in [6, 6.07) is 10.1. The smallest absolute Gasteiger partial charge is 0.251 e. The van der Waals surface area contributed by atoms with Crippen LogP contribution in [0.5, 0.6) is 0 Å². The Morgan fingerprint density at radius 2 is 1.68 bits per heavy atom. The van der Waals surface area contributed by atoms with Gasteiger partial charge in [0.2, 0.25) is 5.91 Å². The van der Waals surface area contributed by atoms with Crippen LogP contribution in [0.4, 0.5) is 14.5 Å². The molecule has 0 heterocycles. The Morgan fingerprint density at radius 3 is 2.29 bits per heavy atom. The van der Waals surface area contributed by atoms with Gasteiger partial charge in [0.05, 0.1) is 0 Å². The number of carbonyl (C=O) groups excluding carboxylic acids is 2. The van der Waals surface area contributed by atoms with Crippen molar-refractivity contribution in [1.29, 1.82) is 0 Å². The molecule has 3 fully saturated rings. The highest BCUT2D eigenvalue weighted by Crippen LogP contribution is 2.70. The van der Waals surface area contributed by atoms with Crippen LogP contribution in [-0.4, -0.2) is 17.4 Å². The zero-order valence-electron chi connectivity index (χ0n) is 15.8. The number of hydrogen-bond donors (Lipinski definition) is 2. The number of halogens is 2. The molecule has 3 aliphatic carbocycles. The molecule has 4 nitrogen and oxygen atoms in total. The molecule has 2 N–H and O–H groups in total. The highest BCUT2D eigenvalue weighted by molar-refractivity contribution is 5.96. The van der Waals surface area contributed by atoms with E-state index in [1.807, 2.05) is 6.92 Å². The van der Waals surface area contributed by atoms with E-state index in [0.29, 0.717) is 16.8 Å². The maximum absolute atomic E-state index is 13.7. The molecule has 0 spiro atoms. The zero-order chi connectivity index (χ0) is 20.1. The molecule has 146 valence electrons. The Kier molecular flexibility index (Phi) is 4.25. The summed E-state index contributed by atoms with van der Waals surface area (Å²) in [6.07, 6.45) is 2.20. The molecule has 2 aromatic rings. The van der Waals surface area contributed by atoms with Crippen molar-refractivity contribution < 1.29 is 18.4 Å². The minimum atomic E-state index is -0.396. The summed E-state index contributed by atoms with van der Waals surface area (Å²) in [5, 5.41) is 5.84. The number of nitrogens with one attached hydrogen (secondary N) is 2. The highest BCUT2D eigenvalue weighted by atomic mass is 19.1. The number of rotatable bonds is 5. The van der Waals surface area contributed by atoms with Crippen LogP contribution >= 0.6 is 0 Å². The average Bonchev–Trinajstić information content (AvgIpc) is 2.60. The fourth-order valence-corrected chi connectivity index (χ4v) is 4.57. The molecule has 2 bridgehead atoms. The lowest BCUT2D eigenvalue weighted by Gasteiger charge is -2.72. The van der Waals surface area contributed by atoms with Gasteiger partial charge >= 0.3 is 0 Å². The van der Waals surface area contributed by atoms with Crippen LogP contribution in [0.3, 0.4) is 0 Å². The molecule has 2 amide bonds. The Bertz CT molecular complexity index is 936. The largest absolute Gasteiger partial charge is 0.347 e. The lowest BCUT2D eigenvalue weighted by atomic mass is 9.36. The van der Waals surface area contributed by atoms with Crippen molar-refractivity contribution >= 4 is 17.5 Å². The topological polar surface area (TPSA) is 58.2 Å². The second kappa shape index (κ2) is 6.40. The zero-order valence-corrected chi connectivity index (χ0v) is 15.8. The van der Waals surface area contributed by atoms with Crippen molar-refractivity contribution in [1.82, 2.24) is 5.32 Å². The highest BCUT2D eigenvalue weighted by Gasteiger charge is 2.71. The normalized spacial score (nSPS) is 25.9. The van der Waals surface area contributed by atoms with E-state index in [1.165, 1.54) is 30.3 Å². The van der Waals surface area contributed by atoms with Gasteiger partial charge in [-0.2, -0.15) is 0 Å². The van der Waals surface area contributed by atoms with Crippen LogP contribution in [0.1, 0.15) is 42.1 Å². The maximum atomic E-state index is 13.7. The van der Waals surface area contributed by atoms with Gasteiger partial charge < -0.3 is 10.6 Å². The molecule has 1 atom stereocenters. The molecule has 5 rings (SSSR count). The van der Waals surface area contributed by atoms with Gasteiger partial charge in [-0.15, -0.1) is 0 Å². The molecule has 0 aromatic heterocycles. The lowest BCUT2D eigenvalue weighted by molar-refractivity contribution is -0.184. The third kappa shape index (κ3) is 3.07. The van der Waals surface area contributed by atoms with Gasteiger partial charge in [0.1, 0.15) is 11.6 Å². The standard InChI is InChI=1S/C22H22F2N2O2/c1-13-3-4-15(9-18(13)24)20(28)26-22-10-21(11-22,12-22)14(2)19(27)25-17-7-5-16(23)6-8-17/h3-9,14H,10-12H2,1-2H3,(H,25,27)(H,26,28)/t14-,21?,22?/m0/s1. The maximum Gasteiger partial charge on any atom is 0.251 e. The first-order valence-electron chi connectivity index (χ1n) is 9.37. The minimum absolute atomic E-state index is 0.105. The van der Waals surface area contributed by atoms with Crippen molar-refractivity contribution in [2.24, 2.45) is 11.3 Å². The van der Waals surface area contributed by atoms with Crippen LogP contribution in [-0.2, 0) is 4.79 Å². The van der Waals surface area contributed by atoms with Crippen molar-refractivity contribution in [2.75, 3.05) is 5.32 Å². The summed E-state index contributed by atoms with van der Waals surface area (Å²) in [5.41, 5.74) is 0.971. The fourth-order valence-electron chi connectivity index (χ4n) is 4.57. The third-order valence-corrected chi connectivity index (χ3v) is 6.31. The third-order valence-electron chi connectivity index (χ3n) is 6.31. The van der Waals surface area contributed by atoms with Gasteiger partial charge in [-0.05, 0) is 73.6 Å². The second-order valence-electron chi connectivity index (χ2n) is 8.31. The number of anilines is 1. The monoisotopic (exact) mass is 384 g/mol. The van der Waals surface area contributed by atoms with Crippen molar-refractivity contribution in [2.45, 2.75) is 38.6 Å². The molecule has 0 unspecified atom stereocenters. The number of benzene rings is 2. The Morgan fingerprint density at radius 1 is 1.04 bits per heavy atom. The van der Waals surface area contributed by atoms with E-state index >= 15 is 0 Å². The molecule has 0 saturated heterocycles. The van der Waals surface area contributed by atoms with Gasteiger partial charge in [0.15, 0.2) is 0 Å². The Labute approximate surface area is 162 Å². The first-order chi connectivity index (χ1) is 13.2. The van der Waals surface area contributed by atoms with Crippen molar-refractivity contribution in [3.63, 3.8) is 0 Å². The predicted molar refractivity (Wildman–Crippen MR) is 102 cm³/mol. The van der Waals surface area contributed by atoms with Crippen LogP contribution in [0.15, 0.2) is 42.5 Å². The number of amides is 2. The summed E-state index contributed by atoms with van der Waals surface area (Å²) in [4.78, 5) is 25.0. The van der Waals surface area contributed by atoms with E-state index in [9.17, 15) is 18.4 Å². The number of hydrogen-bond acceptors (Lipinski definition) is 2. The van der Waals surface area contributed by atoms with Gasteiger partial charge in [0, 0.05) is 22.7 Å². The van der Waals surface area contributed by atoms with Crippen LogP contribution < -0.4 is 10.6 Å². The lowest BCUT2D eigenvalue weighted by Crippen LogP contribution is -2.77. The minimum Gasteiger partial charge on any atom is -0.347 e. The molecule has 3 saturated carbocycles. The van der Waals surface area contributed by atoms with E-state index in [0.717, 1.165) is 19.3 Å². The molecule has 2 aromatic carbocycles. The summed E-state index contributed by atoms with van der Waals surface area (Å²) >= 11 is 0. The molecule has 28 heavy (non-hydrogen) atoms. The molecule has 0 radical (unpaired) electrons. The summed E-state index contributed by atoms with van der Waals surface area (Å²) in [7, 11) is 0. The first kappa shape index (κ1) is 18.6. The van der Waals surface area contributed by atoms with Crippen LogP contribution in [0, 0.1) is 29.9 Å². The number of carbonyl (C=O) groups is 2. The van der Waals surface area contributed by atoms with E-state index in [-0.39, 0.29) is 34.5 Å². The van der Waals surface area contributed by atoms with Gasteiger partial charge in [-0.1, -0.05) is 13.0 Å². The van der Waals surface area contributed by atoms with Crippen molar-refractivity contribution in [3.8, 4) is 0 Å². The van der Waals surface area contributed by atoms with E-state index in [4.69, 9.17) is 0 Å². The molecular weight excluding hydrogens is 362 g/mol. The summed E-state index contributed by atoms with van der Waals surface area (Å²) in [5.74, 6) is -1.35. The fraction of sp³-hybridized carbons (Fsp3) is 0.364. The average molecular weight is 384 g/mol. The summed E-state index contributed by atoms with van der Waals surface area (Å²) < 4.78 is 26.7. The quantitative estimate of drug-likeness (QED) is 0.812. The van der Waals surface area contributed by atoms with E-state index < -0.39 is 5.82 Å². The van der Waals surface area contributed by atoms with Gasteiger partial charge in [-0.25, -0.2) is 8.78 Å². The van der Waals surface area contributed by atoms with Crippen LogP contribution in [0.25, 0.3) is 0 Å². The Balaban J connectivity index is 1.34. The molecule has 0 aliphatic heterocycles. The van der Waals surface area contributed by atoms with Gasteiger partial charge in [0.25, 0.3) is 5.91 Å².